The molecule has 0 aromatic heterocycles. The molecule has 11 nitrogen and oxygen atoms in total. The van der Waals surface area contributed by atoms with Gasteiger partial charge in [0.15, 0.2) is 6.10 Å². The van der Waals surface area contributed by atoms with Gasteiger partial charge in [0.25, 0.3) is 0 Å². The predicted molar refractivity (Wildman–Crippen MR) is 230 cm³/mol. The number of ether oxygens (including phenoxy) is 2. The maximum Gasteiger partial charge on any atom is 0.472 e. The van der Waals surface area contributed by atoms with E-state index in [0.29, 0.717) is 19.3 Å². The maximum atomic E-state index is 12.6. The largest absolute Gasteiger partial charge is 0.480 e. The van der Waals surface area contributed by atoms with Crippen LogP contribution in [0.25, 0.3) is 0 Å². The van der Waals surface area contributed by atoms with Crippen molar-refractivity contribution in [3.05, 3.63) is 85.1 Å². The van der Waals surface area contributed by atoms with E-state index < -0.39 is 51.1 Å². The van der Waals surface area contributed by atoms with Gasteiger partial charge in [-0.1, -0.05) is 144 Å². The SMILES string of the molecule is CCCC/C=C/C/C=C/CCCCCCCC(=O)OC[C@H](COP(=O)(O)OC[C@H](N)C(=O)O)OC(=O)CC/C=C/C/C=C/C/C=C/C/C=C/C/C=C/CCCCC. The second-order valence-electron chi connectivity index (χ2n) is 13.8. The minimum absolute atomic E-state index is 0.0300. The number of carboxylic acid groups (broad SMARTS) is 1. The van der Waals surface area contributed by atoms with Crippen LogP contribution in [0.2, 0.25) is 0 Å². The topological polar surface area (TPSA) is 172 Å². The van der Waals surface area contributed by atoms with Crippen LogP contribution >= 0.6 is 7.82 Å². The lowest BCUT2D eigenvalue weighted by Gasteiger charge is -2.20. The number of nitrogens with two attached hydrogens (primary N) is 1. The summed E-state index contributed by atoms with van der Waals surface area (Å²) in [6.07, 6.45) is 48.0. The molecule has 0 aromatic rings. The van der Waals surface area contributed by atoms with Crippen LogP contribution < -0.4 is 5.73 Å². The summed E-state index contributed by atoms with van der Waals surface area (Å²) in [6, 6.07) is -1.54. The van der Waals surface area contributed by atoms with Crippen molar-refractivity contribution in [1.29, 1.82) is 0 Å². The van der Waals surface area contributed by atoms with Crippen molar-refractivity contribution < 1.29 is 47.5 Å². The Morgan fingerprint density at radius 1 is 0.544 bits per heavy atom. The zero-order chi connectivity index (χ0) is 42.1. The van der Waals surface area contributed by atoms with Gasteiger partial charge in [-0.25, -0.2) is 4.57 Å². The molecule has 0 amide bonds. The number of carbonyl (C=O) groups excluding carboxylic acids is 2. The maximum absolute atomic E-state index is 12.6. The number of rotatable bonds is 38. The van der Waals surface area contributed by atoms with Crippen LogP contribution in [0.1, 0.15) is 149 Å². The van der Waals surface area contributed by atoms with Crippen molar-refractivity contribution in [3.63, 3.8) is 0 Å². The van der Waals surface area contributed by atoms with Crippen LogP contribution in [0.5, 0.6) is 0 Å². The molecule has 324 valence electrons. The number of phosphoric ester groups is 1. The highest BCUT2D eigenvalue weighted by Crippen LogP contribution is 2.43. The lowest BCUT2D eigenvalue weighted by atomic mass is 10.1. The highest BCUT2D eigenvalue weighted by Gasteiger charge is 2.28. The van der Waals surface area contributed by atoms with Gasteiger partial charge in [0.1, 0.15) is 12.6 Å². The Bertz CT molecular complexity index is 1290. The number of allylic oxidation sites excluding steroid dienone is 14. The number of aliphatic carboxylic acids is 1. The Kier molecular flexibility index (Phi) is 37.2. The number of phosphoric acid groups is 1. The quantitative estimate of drug-likeness (QED) is 0.0234. The lowest BCUT2D eigenvalue weighted by molar-refractivity contribution is -0.161. The van der Waals surface area contributed by atoms with Crippen molar-refractivity contribution in [1.82, 2.24) is 0 Å². The fraction of sp³-hybridized carbons (Fsp3) is 0.622. The molecule has 1 unspecified atom stereocenters. The Morgan fingerprint density at radius 3 is 1.51 bits per heavy atom. The molecule has 0 saturated heterocycles. The van der Waals surface area contributed by atoms with E-state index >= 15 is 0 Å². The number of carboxylic acids is 1. The Hall–Kier alpha value is -3.34. The molecule has 0 saturated carbocycles. The van der Waals surface area contributed by atoms with Gasteiger partial charge in [-0.05, 0) is 77.0 Å². The van der Waals surface area contributed by atoms with Crippen molar-refractivity contribution in [2.24, 2.45) is 5.73 Å². The molecule has 0 radical (unpaired) electrons. The first-order valence-electron chi connectivity index (χ1n) is 21.1. The van der Waals surface area contributed by atoms with E-state index in [4.69, 9.17) is 24.8 Å². The number of carbonyl (C=O) groups is 3. The minimum atomic E-state index is -4.74. The second kappa shape index (κ2) is 39.5. The summed E-state index contributed by atoms with van der Waals surface area (Å²) in [5.41, 5.74) is 5.32. The summed E-state index contributed by atoms with van der Waals surface area (Å²) in [6.45, 7) is 2.62. The molecular weight excluding hydrogens is 745 g/mol. The van der Waals surface area contributed by atoms with E-state index in [2.05, 4.69) is 85.2 Å². The van der Waals surface area contributed by atoms with E-state index in [0.717, 1.165) is 70.6 Å². The van der Waals surface area contributed by atoms with Crippen LogP contribution in [-0.2, 0) is 37.5 Å². The second-order valence-corrected chi connectivity index (χ2v) is 15.2. The Balaban J connectivity index is 4.56. The zero-order valence-corrected chi connectivity index (χ0v) is 35.8. The third-order valence-corrected chi connectivity index (χ3v) is 9.33. The van der Waals surface area contributed by atoms with E-state index in [9.17, 15) is 23.8 Å². The fourth-order valence-corrected chi connectivity index (χ4v) is 5.78. The van der Waals surface area contributed by atoms with Gasteiger partial charge in [-0.15, -0.1) is 0 Å². The fourth-order valence-electron chi connectivity index (χ4n) is 5.00. The first-order chi connectivity index (χ1) is 27.6. The van der Waals surface area contributed by atoms with Gasteiger partial charge in [0, 0.05) is 12.8 Å². The molecule has 0 rings (SSSR count). The van der Waals surface area contributed by atoms with E-state index in [1.807, 2.05) is 18.2 Å². The summed E-state index contributed by atoms with van der Waals surface area (Å²) in [7, 11) is -4.74. The average Bonchev–Trinajstić information content (AvgIpc) is 3.19. The van der Waals surface area contributed by atoms with Crippen molar-refractivity contribution in [3.8, 4) is 0 Å². The number of esters is 2. The molecule has 0 aliphatic rings. The van der Waals surface area contributed by atoms with Crippen molar-refractivity contribution in [2.45, 2.75) is 161 Å². The van der Waals surface area contributed by atoms with Crippen LogP contribution in [-0.4, -0.2) is 59.9 Å². The molecule has 0 bridgehead atoms. The van der Waals surface area contributed by atoms with Crippen molar-refractivity contribution in [2.75, 3.05) is 19.8 Å². The monoisotopic (exact) mass is 820 g/mol. The number of hydrogen-bond acceptors (Lipinski definition) is 9. The zero-order valence-electron chi connectivity index (χ0n) is 34.9. The summed E-state index contributed by atoms with van der Waals surface area (Å²) in [4.78, 5) is 45.9. The van der Waals surface area contributed by atoms with Crippen LogP contribution in [0, 0.1) is 0 Å². The Morgan fingerprint density at radius 2 is 0.982 bits per heavy atom. The first-order valence-corrected chi connectivity index (χ1v) is 22.6. The minimum Gasteiger partial charge on any atom is -0.480 e. The molecule has 0 aliphatic heterocycles. The van der Waals surface area contributed by atoms with Crippen LogP contribution in [0.15, 0.2) is 85.1 Å². The molecule has 0 spiro atoms. The van der Waals surface area contributed by atoms with Crippen molar-refractivity contribution >= 4 is 25.7 Å². The standard InChI is InChI=1S/C45H74NO10P/c1-3-5-7-9-11-13-15-17-19-20-21-22-23-25-27-29-31-33-35-37-44(48)56-41(39-54-57(51,52)55-40-42(46)45(49)50)38-53-43(47)36-34-32-30-28-26-24-18-16-14-12-10-8-6-4-2/h10-13,16-19,21-22,25,27,31,33,41-42H,3-9,14-15,20,23-24,26,28-30,32,34-40,46H2,1-2H3,(H,49,50)(H,51,52)/b12-10+,13-11+,18-16+,19-17+,22-21+,27-25+,33-31+/t41-,42+/m1/s1. The van der Waals surface area contributed by atoms with E-state index in [-0.39, 0.29) is 19.4 Å². The smallest absolute Gasteiger partial charge is 0.472 e. The molecule has 0 fully saturated rings. The third-order valence-electron chi connectivity index (χ3n) is 8.38. The summed E-state index contributed by atoms with van der Waals surface area (Å²) < 4.78 is 32.5. The highest BCUT2D eigenvalue weighted by molar-refractivity contribution is 7.47. The predicted octanol–water partition coefficient (Wildman–Crippen LogP) is 11.1. The molecule has 12 heteroatoms. The van der Waals surface area contributed by atoms with Crippen LogP contribution in [0.4, 0.5) is 0 Å². The molecule has 3 atom stereocenters. The van der Waals surface area contributed by atoms with Gasteiger partial charge in [0.05, 0.1) is 13.2 Å². The normalized spacial score (nSPS) is 14.6. The Labute approximate surface area is 343 Å². The molecule has 0 aromatic carbocycles. The van der Waals surface area contributed by atoms with Crippen LogP contribution in [0.3, 0.4) is 0 Å². The van der Waals surface area contributed by atoms with Gasteiger partial charge in [-0.2, -0.15) is 0 Å². The van der Waals surface area contributed by atoms with E-state index in [1.165, 1.54) is 32.1 Å². The number of unbranched alkanes of at least 4 members (excludes halogenated alkanes) is 10. The van der Waals surface area contributed by atoms with E-state index in [1.54, 1.807) is 0 Å². The first kappa shape index (κ1) is 53.7. The summed E-state index contributed by atoms with van der Waals surface area (Å²) >= 11 is 0. The van der Waals surface area contributed by atoms with Gasteiger partial charge < -0.3 is 25.2 Å². The lowest BCUT2D eigenvalue weighted by Crippen LogP contribution is -2.34. The highest BCUT2D eigenvalue weighted by atomic mass is 31.2. The summed E-state index contributed by atoms with van der Waals surface area (Å²) in [5.74, 6) is -2.51. The average molecular weight is 820 g/mol. The molecule has 0 heterocycles. The molecular formula is C45H74NO10P. The van der Waals surface area contributed by atoms with Gasteiger partial charge in [-0.3, -0.25) is 23.4 Å². The summed E-state index contributed by atoms with van der Waals surface area (Å²) in [5, 5.41) is 8.88. The molecule has 0 aliphatic carbocycles. The number of hydrogen-bond donors (Lipinski definition) is 3. The van der Waals surface area contributed by atoms with Gasteiger partial charge in [0.2, 0.25) is 0 Å². The third kappa shape index (κ3) is 39.3. The van der Waals surface area contributed by atoms with Gasteiger partial charge >= 0.3 is 25.7 Å². The molecule has 4 N–H and O–H groups in total. The molecule has 57 heavy (non-hydrogen) atoms.